The number of rotatable bonds is 12. The lowest BCUT2D eigenvalue weighted by molar-refractivity contribution is -0.142. The van der Waals surface area contributed by atoms with Crippen molar-refractivity contribution in [1.82, 2.24) is 10.3 Å². The number of nitrogens with one attached hydrogen (secondary N) is 1. The predicted molar refractivity (Wildman–Crippen MR) is 115 cm³/mol. The Hall–Kier alpha value is -2.64. The molecule has 0 aliphatic heterocycles. The Morgan fingerprint density at radius 2 is 1.77 bits per heavy atom. The third-order valence-electron chi connectivity index (χ3n) is 4.67. The lowest BCUT2D eigenvalue weighted by Gasteiger charge is -2.20. The molecule has 0 aliphatic carbocycles. The van der Waals surface area contributed by atoms with Gasteiger partial charge in [0, 0.05) is 17.8 Å². The molecule has 0 radical (unpaired) electrons. The highest BCUT2D eigenvalue weighted by Gasteiger charge is 2.25. The Kier molecular flexibility index (Phi) is 9.08. The molecule has 2 aromatic rings. The molecule has 3 N–H and O–H groups in total. The summed E-state index contributed by atoms with van der Waals surface area (Å²) in [5.41, 5.74) is 2.11. The number of aromatic nitrogens is 1. The minimum atomic E-state index is -1.09. The van der Waals surface area contributed by atoms with Crippen LogP contribution in [-0.4, -0.2) is 45.8 Å². The second kappa shape index (κ2) is 11.5. The molecule has 0 saturated carbocycles. The molecule has 0 fully saturated rings. The van der Waals surface area contributed by atoms with Gasteiger partial charge in [-0.15, -0.1) is 0 Å². The van der Waals surface area contributed by atoms with Crippen LogP contribution >= 0.6 is 11.6 Å². The Balaban J connectivity index is 2.15. The average molecular weight is 435 g/mol. The highest BCUT2D eigenvalue weighted by Crippen LogP contribution is 2.33. The molecule has 1 aromatic carbocycles. The summed E-state index contributed by atoms with van der Waals surface area (Å²) in [4.78, 5) is 27.4. The summed E-state index contributed by atoms with van der Waals surface area (Å²) in [5, 5.41) is 22.1. The molecule has 1 heterocycles. The first-order chi connectivity index (χ1) is 14.4. The van der Waals surface area contributed by atoms with E-state index in [2.05, 4.69) is 10.3 Å². The molecular formula is C22H27ClN2O5. The number of halogens is 1. The molecule has 2 rings (SSSR count). The molecule has 30 heavy (non-hydrogen) atoms. The van der Waals surface area contributed by atoms with E-state index in [1.165, 1.54) is 0 Å². The minimum absolute atomic E-state index is 0.158. The van der Waals surface area contributed by atoms with Crippen LogP contribution in [0.25, 0.3) is 11.3 Å². The smallest absolute Gasteiger partial charge is 0.321 e. The number of hydrogen-bond donors (Lipinski definition) is 3. The maximum Gasteiger partial charge on any atom is 0.321 e. The summed E-state index contributed by atoms with van der Waals surface area (Å²) in [6.45, 7) is 4.32. The third kappa shape index (κ3) is 6.43. The zero-order valence-corrected chi connectivity index (χ0v) is 17.9. The number of benzene rings is 1. The average Bonchev–Trinajstić information content (AvgIpc) is 2.72. The number of unbranched alkanes of at least 4 members (excludes halogenated alkanes) is 1. The number of aliphatic carboxylic acids is 2. The summed E-state index contributed by atoms with van der Waals surface area (Å²) in [6.07, 6.45) is 3.71. The van der Waals surface area contributed by atoms with Gasteiger partial charge in [0.05, 0.1) is 12.3 Å². The maximum atomic E-state index is 11.7. The van der Waals surface area contributed by atoms with Crippen molar-refractivity contribution in [2.45, 2.75) is 51.6 Å². The van der Waals surface area contributed by atoms with Crippen molar-refractivity contribution >= 4 is 23.5 Å². The van der Waals surface area contributed by atoms with Crippen molar-refractivity contribution in [2.24, 2.45) is 0 Å². The van der Waals surface area contributed by atoms with Gasteiger partial charge >= 0.3 is 11.9 Å². The molecule has 2 unspecified atom stereocenters. The summed E-state index contributed by atoms with van der Waals surface area (Å²) in [7, 11) is 0. The second-order valence-electron chi connectivity index (χ2n) is 6.90. The van der Waals surface area contributed by atoms with Crippen LogP contribution in [0.15, 0.2) is 36.5 Å². The van der Waals surface area contributed by atoms with Gasteiger partial charge in [0.2, 0.25) is 0 Å². The van der Waals surface area contributed by atoms with Crippen LogP contribution < -0.4 is 10.1 Å². The van der Waals surface area contributed by atoms with Crippen molar-refractivity contribution in [1.29, 1.82) is 0 Å². The van der Waals surface area contributed by atoms with E-state index >= 15 is 0 Å². The van der Waals surface area contributed by atoms with Crippen LogP contribution in [0.5, 0.6) is 5.75 Å². The van der Waals surface area contributed by atoms with Gasteiger partial charge in [0.15, 0.2) is 0 Å². The zero-order valence-electron chi connectivity index (χ0n) is 17.1. The fourth-order valence-corrected chi connectivity index (χ4v) is 3.35. The summed E-state index contributed by atoms with van der Waals surface area (Å²) in [6, 6.07) is 7.00. The monoisotopic (exact) mass is 434 g/mol. The van der Waals surface area contributed by atoms with Gasteiger partial charge < -0.3 is 14.9 Å². The maximum absolute atomic E-state index is 11.7. The molecule has 162 valence electrons. The van der Waals surface area contributed by atoms with Gasteiger partial charge in [-0.3, -0.25) is 19.9 Å². The lowest BCUT2D eigenvalue weighted by Crippen LogP contribution is -2.48. The lowest BCUT2D eigenvalue weighted by atomic mass is 10.0. The summed E-state index contributed by atoms with van der Waals surface area (Å²) < 4.78 is 5.49. The number of hydrogen-bond acceptors (Lipinski definition) is 5. The van der Waals surface area contributed by atoms with E-state index in [4.69, 9.17) is 16.3 Å². The van der Waals surface area contributed by atoms with Crippen molar-refractivity contribution in [3.05, 3.63) is 47.1 Å². The zero-order chi connectivity index (χ0) is 22.1. The van der Waals surface area contributed by atoms with Crippen LogP contribution in [0.1, 0.15) is 38.7 Å². The van der Waals surface area contributed by atoms with Crippen LogP contribution in [0.4, 0.5) is 0 Å². The predicted octanol–water partition coefficient (Wildman–Crippen LogP) is 4.03. The van der Waals surface area contributed by atoms with Crippen molar-refractivity contribution in [2.75, 3.05) is 6.61 Å². The van der Waals surface area contributed by atoms with Crippen molar-refractivity contribution in [3.63, 3.8) is 0 Å². The van der Waals surface area contributed by atoms with Crippen LogP contribution in [0, 0.1) is 0 Å². The van der Waals surface area contributed by atoms with Crippen LogP contribution in [-0.2, 0) is 16.0 Å². The Labute approximate surface area is 181 Å². The molecule has 8 heteroatoms. The molecule has 0 saturated heterocycles. The first-order valence-electron chi connectivity index (χ1n) is 9.95. The van der Waals surface area contributed by atoms with E-state index in [-0.39, 0.29) is 6.42 Å². The van der Waals surface area contributed by atoms with Crippen molar-refractivity contribution < 1.29 is 24.5 Å². The molecule has 0 spiro atoms. The SMILES string of the molecule is CCCCC(NC(Cc1ccc(-c2nccc(OCC)c2Cl)cc1)C(=O)O)C(=O)O. The number of pyridine rings is 1. The highest BCUT2D eigenvalue weighted by molar-refractivity contribution is 6.34. The quantitative estimate of drug-likeness (QED) is 0.462. The standard InChI is InChI=1S/C22H27ClN2O5/c1-3-5-6-16(21(26)27)25-17(22(28)29)13-14-7-9-15(10-8-14)20-19(23)18(30-4-2)11-12-24-20/h7-12,16-17,25H,3-6,13H2,1-2H3,(H,26,27)(H,28,29). The molecule has 0 bridgehead atoms. The van der Waals surface area contributed by atoms with E-state index in [0.717, 1.165) is 17.5 Å². The first-order valence-corrected chi connectivity index (χ1v) is 10.3. The molecule has 1 aromatic heterocycles. The molecule has 2 atom stereocenters. The molecule has 0 aliphatic rings. The molecular weight excluding hydrogens is 408 g/mol. The Bertz CT molecular complexity index is 857. The minimum Gasteiger partial charge on any atom is -0.492 e. The van der Waals surface area contributed by atoms with Gasteiger partial charge in [-0.1, -0.05) is 55.6 Å². The van der Waals surface area contributed by atoms with E-state index < -0.39 is 24.0 Å². The van der Waals surface area contributed by atoms with E-state index in [9.17, 15) is 19.8 Å². The highest BCUT2D eigenvalue weighted by atomic mass is 35.5. The normalized spacial score (nSPS) is 12.9. The Morgan fingerprint density at radius 3 is 2.33 bits per heavy atom. The van der Waals surface area contributed by atoms with E-state index in [1.807, 2.05) is 26.0 Å². The fraction of sp³-hybridized carbons (Fsp3) is 0.409. The van der Waals surface area contributed by atoms with Gasteiger partial charge in [-0.05, 0) is 25.3 Å². The van der Waals surface area contributed by atoms with Crippen LogP contribution in [0.2, 0.25) is 5.02 Å². The fourth-order valence-electron chi connectivity index (χ4n) is 3.08. The van der Waals surface area contributed by atoms with Gasteiger partial charge in [-0.25, -0.2) is 0 Å². The first kappa shape index (κ1) is 23.6. The largest absolute Gasteiger partial charge is 0.492 e. The third-order valence-corrected chi connectivity index (χ3v) is 5.03. The van der Waals surface area contributed by atoms with E-state index in [1.54, 1.807) is 24.4 Å². The topological polar surface area (TPSA) is 109 Å². The van der Waals surface area contributed by atoms with Crippen LogP contribution in [0.3, 0.4) is 0 Å². The van der Waals surface area contributed by atoms with Crippen molar-refractivity contribution in [3.8, 4) is 17.0 Å². The van der Waals surface area contributed by atoms with Gasteiger partial charge in [0.25, 0.3) is 0 Å². The number of carbonyl (C=O) groups is 2. The Morgan fingerprint density at radius 1 is 1.10 bits per heavy atom. The number of nitrogens with zero attached hydrogens (tertiary/aromatic N) is 1. The summed E-state index contributed by atoms with van der Waals surface area (Å²) >= 11 is 6.39. The number of ether oxygens (including phenoxy) is 1. The van der Waals surface area contributed by atoms with Gasteiger partial charge in [0.1, 0.15) is 22.9 Å². The van der Waals surface area contributed by atoms with Gasteiger partial charge in [-0.2, -0.15) is 0 Å². The molecule has 0 amide bonds. The molecule has 7 nitrogen and oxygen atoms in total. The number of carboxylic acids is 2. The second-order valence-corrected chi connectivity index (χ2v) is 7.27. The number of carboxylic acid groups (broad SMARTS) is 2. The summed E-state index contributed by atoms with van der Waals surface area (Å²) in [5.74, 6) is -1.58. The van der Waals surface area contributed by atoms with E-state index in [0.29, 0.717) is 35.9 Å².